The normalized spacial score (nSPS) is 24.2. The van der Waals surface area contributed by atoms with Crippen LogP contribution in [0, 0.1) is 17.3 Å². The molecule has 56 heavy (non-hydrogen) atoms. The molecule has 2 N–H and O–H groups in total. The summed E-state index contributed by atoms with van der Waals surface area (Å²) in [6.07, 6.45) is 1.88. The maximum Gasteiger partial charge on any atom is 0.259 e. The zero-order valence-corrected chi connectivity index (χ0v) is 33.6. The van der Waals surface area contributed by atoms with Gasteiger partial charge in [0.25, 0.3) is 5.91 Å². The van der Waals surface area contributed by atoms with Gasteiger partial charge < -0.3 is 24.6 Å². The van der Waals surface area contributed by atoms with Crippen molar-refractivity contribution >= 4 is 56.2 Å². The summed E-state index contributed by atoms with van der Waals surface area (Å²) in [7, 11) is -2.33. The number of rotatable bonds is 13. The Morgan fingerprint density at radius 1 is 1.07 bits per heavy atom. The zero-order chi connectivity index (χ0) is 40.2. The number of benzene rings is 2. The second-order valence-electron chi connectivity index (χ2n) is 16.4. The lowest BCUT2D eigenvalue weighted by atomic mass is 9.77. The van der Waals surface area contributed by atoms with E-state index in [-0.39, 0.29) is 37.1 Å². The molecule has 13 nitrogen and oxygen atoms in total. The molecule has 0 unspecified atom stereocenters. The summed E-state index contributed by atoms with van der Waals surface area (Å²) in [4.78, 5) is 64.1. The first-order valence-electron chi connectivity index (χ1n) is 19.0. The third-order valence-corrected chi connectivity index (χ3v) is 13.4. The molecule has 2 aromatic carbocycles. The van der Waals surface area contributed by atoms with Crippen LogP contribution in [-0.4, -0.2) is 102 Å². The highest BCUT2D eigenvalue weighted by molar-refractivity contribution is 7.91. The van der Waals surface area contributed by atoms with Gasteiger partial charge in [0.05, 0.1) is 41.4 Å². The highest BCUT2D eigenvalue weighted by Crippen LogP contribution is 2.46. The molecule has 1 aromatic heterocycles. The second-order valence-corrected chi connectivity index (χ2v) is 19.0. The van der Waals surface area contributed by atoms with E-state index in [1.54, 1.807) is 18.1 Å². The minimum absolute atomic E-state index is 0.00590. The van der Waals surface area contributed by atoms with Gasteiger partial charge in [0.15, 0.2) is 0 Å². The number of likely N-dealkylation sites (tertiary alicyclic amines) is 2. The molecule has 0 bridgehead atoms. The van der Waals surface area contributed by atoms with Crippen LogP contribution >= 0.6 is 11.6 Å². The average molecular weight is 806 g/mol. The van der Waals surface area contributed by atoms with Crippen molar-refractivity contribution in [3.8, 4) is 22.8 Å². The first-order valence-corrected chi connectivity index (χ1v) is 20.9. The van der Waals surface area contributed by atoms with Gasteiger partial charge in [-0.25, -0.2) is 13.4 Å². The fourth-order valence-corrected chi connectivity index (χ4v) is 9.32. The molecule has 5 atom stereocenters. The standard InChI is InChI=1S/C41H48ClN5O8S/c1-6-25-20-41(25,39(51)45-56(52,53)29-13-14-29)44-37(49)34-17-28(23-47(34)38(50)31(40(2,3)4)18-36(48)46-21-26(42)22-46)55-35-19-32(24-10-8-7-9-11-24)43-33-16-27(54-5)12-15-30(33)35/h6-12,15-16,19,25-26,28-29,31,34H,1,13-14,17-18,20-23H2,2-5H3,(H,44,49)(H,45,51)/t25-,28-,31-,34+,41-/m1/s1. The van der Waals surface area contributed by atoms with Crippen LogP contribution in [0.15, 0.2) is 67.3 Å². The Morgan fingerprint density at radius 2 is 1.79 bits per heavy atom. The molecule has 4 aliphatic rings. The van der Waals surface area contributed by atoms with Gasteiger partial charge in [-0.05, 0) is 36.8 Å². The Labute approximate surface area is 332 Å². The number of carbonyl (C=O) groups excluding carboxylic acids is 4. The van der Waals surface area contributed by atoms with Gasteiger partial charge in [-0.3, -0.25) is 23.9 Å². The average Bonchev–Trinajstić information content (AvgIpc) is 4.08. The third kappa shape index (κ3) is 7.95. The summed E-state index contributed by atoms with van der Waals surface area (Å²) in [6.45, 7) is 10.2. The Morgan fingerprint density at radius 3 is 2.39 bits per heavy atom. The van der Waals surface area contributed by atoms with E-state index >= 15 is 0 Å². The predicted molar refractivity (Wildman–Crippen MR) is 211 cm³/mol. The molecule has 2 aliphatic carbocycles. The van der Waals surface area contributed by atoms with Crippen molar-refractivity contribution < 1.29 is 37.1 Å². The molecule has 3 heterocycles. The first kappa shape index (κ1) is 39.5. The molecule has 15 heteroatoms. The molecule has 0 radical (unpaired) electrons. The van der Waals surface area contributed by atoms with Gasteiger partial charge in [-0.2, -0.15) is 0 Å². The van der Waals surface area contributed by atoms with Crippen LogP contribution < -0.4 is 19.5 Å². The lowest BCUT2D eigenvalue weighted by Crippen LogP contribution is -2.57. The van der Waals surface area contributed by atoms with Crippen LogP contribution in [-0.2, 0) is 29.2 Å². The fourth-order valence-electron chi connectivity index (χ4n) is 7.63. The van der Waals surface area contributed by atoms with Crippen molar-refractivity contribution in [3.63, 3.8) is 0 Å². The summed E-state index contributed by atoms with van der Waals surface area (Å²) in [5, 5.41) is 2.76. The molecule has 4 fully saturated rings. The number of pyridine rings is 1. The number of hydrogen-bond donors (Lipinski definition) is 2. The third-order valence-electron chi connectivity index (χ3n) is 11.4. The molecule has 298 valence electrons. The minimum Gasteiger partial charge on any atom is -0.497 e. The molecule has 4 amide bonds. The van der Waals surface area contributed by atoms with Crippen molar-refractivity contribution in [3.05, 3.63) is 67.3 Å². The van der Waals surface area contributed by atoms with Crippen LogP contribution in [0.2, 0.25) is 0 Å². The van der Waals surface area contributed by atoms with Gasteiger partial charge in [0.2, 0.25) is 27.7 Å². The fraction of sp³-hybridized carbons (Fsp3) is 0.488. The predicted octanol–water partition coefficient (Wildman–Crippen LogP) is 4.43. The number of nitrogens with zero attached hydrogens (tertiary/aromatic N) is 3. The first-order chi connectivity index (χ1) is 26.5. The molecule has 2 aliphatic heterocycles. The number of hydrogen-bond acceptors (Lipinski definition) is 9. The lowest BCUT2D eigenvalue weighted by molar-refractivity contribution is -0.149. The molecule has 2 saturated carbocycles. The Hall–Kier alpha value is -4.69. The number of sulfonamides is 1. The SMILES string of the molecule is C=C[C@@H]1C[C@]1(NC(=O)[C@@H]1C[C@@H](Oc2cc(-c3ccccc3)nc3cc(OC)ccc23)CN1C(=O)[C@@H](CC(=O)N1CC(Cl)C1)C(C)(C)C)C(=O)NS(=O)(=O)C1CC1. The molecule has 3 aromatic rings. The number of amides is 4. The van der Waals surface area contributed by atoms with Crippen molar-refractivity contribution in [2.75, 3.05) is 26.7 Å². The van der Waals surface area contributed by atoms with Crippen LogP contribution in [0.25, 0.3) is 22.2 Å². The van der Waals surface area contributed by atoms with Gasteiger partial charge in [0, 0.05) is 54.9 Å². The van der Waals surface area contributed by atoms with E-state index in [9.17, 15) is 27.6 Å². The minimum atomic E-state index is -3.90. The van der Waals surface area contributed by atoms with E-state index in [1.807, 2.05) is 69.3 Å². The van der Waals surface area contributed by atoms with Crippen molar-refractivity contribution in [2.45, 2.75) is 81.2 Å². The maximum atomic E-state index is 14.8. The summed E-state index contributed by atoms with van der Waals surface area (Å²) in [5.74, 6) is -2.29. The number of methoxy groups -OCH3 is 1. The van der Waals surface area contributed by atoms with Crippen LogP contribution in [0.5, 0.6) is 11.5 Å². The lowest BCUT2D eigenvalue weighted by Gasteiger charge is -2.39. The van der Waals surface area contributed by atoms with E-state index in [1.165, 1.54) is 11.0 Å². The van der Waals surface area contributed by atoms with E-state index in [0.29, 0.717) is 54.0 Å². The number of ether oxygens (including phenoxy) is 2. The van der Waals surface area contributed by atoms with E-state index < -0.39 is 67.9 Å². The zero-order valence-electron chi connectivity index (χ0n) is 32.0. The summed E-state index contributed by atoms with van der Waals surface area (Å²) >= 11 is 6.16. The smallest absolute Gasteiger partial charge is 0.259 e. The van der Waals surface area contributed by atoms with Crippen LogP contribution in [0.1, 0.15) is 52.9 Å². The van der Waals surface area contributed by atoms with Gasteiger partial charge in [-0.1, -0.05) is 57.2 Å². The second kappa shape index (κ2) is 15.0. The van der Waals surface area contributed by atoms with Gasteiger partial charge in [0.1, 0.15) is 29.2 Å². The van der Waals surface area contributed by atoms with Gasteiger partial charge in [-0.15, -0.1) is 18.2 Å². The number of halogens is 1. The van der Waals surface area contributed by atoms with E-state index in [2.05, 4.69) is 16.6 Å². The van der Waals surface area contributed by atoms with Crippen molar-refractivity contribution in [2.24, 2.45) is 17.3 Å². The molecule has 7 rings (SSSR count). The van der Waals surface area contributed by atoms with E-state index in [0.717, 1.165) is 5.56 Å². The van der Waals surface area contributed by atoms with E-state index in [4.69, 9.17) is 26.1 Å². The number of nitrogens with one attached hydrogen (secondary N) is 2. The van der Waals surface area contributed by atoms with Crippen molar-refractivity contribution in [1.29, 1.82) is 0 Å². The molecular formula is C41H48ClN5O8S. The summed E-state index contributed by atoms with van der Waals surface area (Å²) < 4.78 is 39.9. The van der Waals surface area contributed by atoms with Crippen LogP contribution in [0.3, 0.4) is 0 Å². The molecule has 0 spiro atoms. The topological polar surface area (TPSA) is 164 Å². The number of fused-ring (bicyclic) bond motifs is 1. The Kier molecular flexibility index (Phi) is 10.6. The largest absolute Gasteiger partial charge is 0.497 e. The number of aromatic nitrogens is 1. The number of carbonyl (C=O) groups is 4. The number of alkyl halides is 1. The van der Waals surface area contributed by atoms with Gasteiger partial charge >= 0.3 is 0 Å². The maximum absolute atomic E-state index is 14.8. The Bertz CT molecular complexity index is 2170. The summed E-state index contributed by atoms with van der Waals surface area (Å²) in [5.41, 5.74) is -0.0940. The van der Waals surface area contributed by atoms with Crippen LogP contribution in [0.4, 0.5) is 0 Å². The summed E-state index contributed by atoms with van der Waals surface area (Å²) in [6, 6.07) is 15.8. The van der Waals surface area contributed by atoms with Crippen molar-refractivity contribution in [1.82, 2.24) is 24.8 Å². The Balaban J connectivity index is 1.21. The highest BCUT2D eigenvalue weighted by atomic mass is 35.5. The highest BCUT2D eigenvalue weighted by Gasteiger charge is 2.62. The molecular weight excluding hydrogens is 758 g/mol. The molecule has 2 saturated heterocycles. The quantitative estimate of drug-likeness (QED) is 0.188. The monoisotopic (exact) mass is 805 g/mol.